The molecule has 96 valence electrons. The third kappa shape index (κ3) is 2.58. The minimum Gasteiger partial charge on any atom is -0.362 e. The van der Waals surface area contributed by atoms with Gasteiger partial charge >= 0.3 is 0 Å². The summed E-state index contributed by atoms with van der Waals surface area (Å²) in [6, 6.07) is 10.4. The fourth-order valence-corrected chi connectivity index (χ4v) is 2.66. The molecule has 2 rings (SSSR count). The van der Waals surface area contributed by atoms with Gasteiger partial charge in [-0.25, -0.2) is 0 Å². The van der Waals surface area contributed by atoms with E-state index >= 15 is 0 Å². The summed E-state index contributed by atoms with van der Waals surface area (Å²) in [5.74, 6) is 0. The molecule has 0 aromatic heterocycles. The molecule has 0 N–H and O–H groups in total. The molecule has 1 aliphatic rings. The van der Waals surface area contributed by atoms with Crippen molar-refractivity contribution >= 4 is 0 Å². The van der Waals surface area contributed by atoms with Crippen molar-refractivity contribution in [3.05, 3.63) is 53.8 Å². The average Bonchev–Trinajstić information content (AvgIpc) is 2.75. The van der Waals surface area contributed by atoms with E-state index in [0.717, 1.165) is 12.8 Å². The minimum atomic E-state index is -0.168. The van der Waals surface area contributed by atoms with E-state index in [9.17, 15) is 0 Å². The van der Waals surface area contributed by atoms with Crippen molar-refractivity contribution in [1.82, 2.24) is 0 Å². The van der Waals surface area contributed by atoms with Gasteiger partial charge in [-0.1, -0.05) is 56.7 Å². The van der Waals surface area contributed by atoms with E-state index in [1.807, 2.05) is 6.07 Å². The summed E-state index contributed by atoms with van der Waals surface area (Å²) >= 11 is 0. The van der Waals surface area contributed by atoms with E-state index < -0.39 is 0 Å². The summed E-state index contributed by atoms with van der Waals surface area (Å²) in [5.41, 5.74) is 5.42. The Hall–Kier alpha value is -1.30. The van der Waals surface area contributed by atoms with Crippen molar-refractivity contribution in [2.24, 2.45) is 0 Å². The van der Waals surface area contributed by atoms with Crippen LogP contribution in [-0.4, -0.2) is 5.60 Å². The molecule has 0 radical (unpaired) electrons. The highest BCUT2D eigenvalue weighted by Crippen LogP contribution is 2.45. The maximum atomic E-state index is 6.30. The Morgan fingerprint density at radius 2 is 2.11 bits per heavy atom. The lowest BCUT2D eigenvalue weighted by Gasteiger charge is -2.25. The summed E-state index contributed by atoms with van der Waals surface area (Å²) in [6.45, 7) is 8.22. The van der Waals surface area contributed by atoms with Crippen LogP contribution >= 0.6 is 0 Å². The summed E-state index contributed by atoms with van der Waals surface area (Å²) in [5, 5.41) is 0. The third-order valence-corrected chi connectivity index (χ3v) is 3.82. The Labute approximate surface area is 110 Å². The minimum absolute atomic E-state index is 0.164. The SMILES string of the molecule is C=C=C1CC(c2ccccc2)OC1(C)CCCC. The monoisotopic (exact) mass is 242 g/mol. The first-order valence-corrected chi connectivity index (χ1v) is 6.82. The summed E-state index contributed by atoms with van der Waals surface area (Å²) < 4.78 is 6.30. The van der Waals surface area contributed by atoms with Gasteiger partial charge in [-0.3, -0.25) is 0 Å². The average molecular weight is 242 g/mol. The van der Waals surface area contributed by atoms with E-state index in [0.29, 0.717) is 0 Å². The van der Waals surface area contributed by atoms with Gasteiger partial charge in [0.15, 0.2) is 0 Å². The molecule has 0 aliphatic carbocycles. The van der Waals surface area contributed by atoms with Gasteiger partial charge in [0.1, 0.15) is 0 Å². The Kier molecular flexibility index (Phi) is 4.06. The molecule has 1 aromatic carbocycles. The van der Waals surface area contributed by atoms with Gasteiger partial charge in [0, 0.05) is 12.0 Å². The summed E-state index contributed by atoms with van der Waals surface area (Å²) in [7, 11) is 0. The fraction of sp³-hybridized carbons (Fsp3) is 0.471. The van der Waals surface area contributed by atoms with Crippen molar-refractivity contribution in [3.63, 3.8) is 0 Å². The Morgan fingerprint density at radius 3 is 2.72 bits per heavy atom. The van der Waals surface area contributed by atoms with Crippen LogP contribution in [0.3, 0.4) is 0 Å². The Bertz CT molecular complexity index is 442. The van der Waals surface area contributed by atoms with E-state index in [1.165, 1.54) is 24.0 Å². The second-order valence-electron chi connectivity index (χ2n) is 5.21. The molecule has 2 atom stereocenters. The van der Waals surface area contributed by atoms with Gasteiger partial charge in [0.05, 0.1) is 11.7 Å². The first kappa shape index (κ1) is 13.1. The fourth-order valence-electron chi connectivity index (χ4n) is 2.66. The first-order valence-electron chi connectivity index (χ1n) is 6.82. The normalized spacial score (nSPS) is 27.2. The van der Waals surface area contributed by atoms with Crippen molar-refractivity contribution in [1.29, 1.82) is 0 Å². The summed E-state index contributed by atoms with van der Waals surface area (Å²) in [4.78, 5) is 0. The summed E-state index contributed by atoms with van der Waals surface area (Å²) in [6.07, 6.45) is 4.53. The van der Waals surface area contributed by atoms with Crippen LogP contribution in [0.1, 0.15) is 51.2 Å². The molecule has 1 nitrogen and oxygen atoms in total. The van der Waals surface area contributed by atoms with Crippen molar-refractivity contribution < 1.29 is 4.74 Å². The highest BCUT2D eigenvalue weighted by Gasteiger charge is 2.40. The molecule has 0 bridgehead atoms. The molecular formula is C17H22O. The van der Waals surface area contributed by atoms with Gasteiger partial charge < -0.3 is 4.74 Å². The van der Waals surface area contributed by atoms with Gasteiger partial charge in [-0.15, -0.1) is 5.73 Å². The number of unbranched alkanes of at least 4 members (excludes halogenated alkanes) is 1. The second-order valence-corrected chi connectivity index (χ2v) is 5.21. The lowest BCUT2D eigenvalue weighted by molar-refractivity contribution is -0.0229. The number of hydrogen-bond donors (Lipinski definition) is 0. The van der Waals surface area contributed by atoms with E-state index in [2.05, 4.69) is 50.4 Å². The van der Waals surface area contributed by atoms with Gasteiger partial charge in [0.2, 0.25) is 0 Å². The maximum absolute atomic E-state index is 6.30. The van der Waals surface area contributed by atoms with Crippen LogP contribution < -0.4 is 0 Å². The smallest absolute Gasteiger partial charge is 0.0946 e. The lowest BCUT2D eigenvalue weighted by atomic mass is 9.90. The lowest BCUT2D eigenvalue weighted by Crippen LogP contribution is -2.25. The van der Waals surface area contributed by atoms with Crippen LogP contribution in [0.5, 0.6) is 0 Å². The topological polar surface area (TPSA) is 9.23 Å². The maximum Gasteiger partial charge on any atom is 0.0946 e. The Balaban J connectivity index is 2.18. The van der Waals surface area contributed by atoms with Crippen molar-refractivity contribution in [2.45, 2.75) is 51.2 Å². The molecule has 1 fully saturated rings. The zero-order chi connectivity index (χ0) is 13.0. The van der Waals surface area contributed by atoms with Crippen LogP contribution in [0.2, 0.25) is 0 Å². The van der Waals surface area contributed by atoms with Crippen LogP contribution in [-0.2, 0) is 4.74 Å². The molecule has 0 saturated carbocycles. The third-order valence-electron chi connectivity index (χ3n) is 3.82. The van der Waals surface area contributed by atoms with Crippen LogP contribution in [0.4, 0.5) is 0 Å². The number of ether oxygens (including phenoxy) is 1. The van der Waals surface area contributed by atoms with Gasteiger partial charge in [-0.05, 0) is 18.9 Å². The number of benzene rings is 1. The van der Waals surface area contributed by atoms with Crippen molar-refractivity contribution in [2.75, 3.05) is 0 Å². The molecule has 1 aliphatic heterocycles. The van der Waals surface area contributed by atoms with Gasteiger partial charge in [-0.2, -0.15) is 0 Å². The Morgan fingerprint density at radius 1 is 1.39 bits per heavy atom. The largest absolute Gasteiger partial charge is 0.362 e. The van der Waals surface area contributed by atoms with Crippen LogP contribution in [0.25, 0.3) is 0 Å². The molecule has 1 aromatic rings. The molecule has 1 heteroatoms. The number of rotatable bonds is 4. The number of hydrogen-bond acceptors (Lipinski definition) is 1. The predicted octanol–water partition coefficient (Wildman–Crippen LogP) is 4.81. The van der Waals surface area contributed by atoms with Gasteiger partial charge in [0.25, 0.3) is 0 Å². The molecule has 0 amide bonds. The van der Waals surface area contributed by atoms with E-state index in [4.69, 9.17) is 4.74 Å². The zero-order valence-electron chi connectivity index (χ0n) is 11.4. The molecule has 1 heterocycles. The van der Waals surface area contributed by atoms with E-state index in [1.54, 1.807) is 0 Å². The van der Waals surface area contributed by atoms with Crippen molar-refractivity contribution in [3.8, 4) is 0 Å². The van der Waals surface area contributed by atoms with Crippen LogP contribution in [0, 0.1) is 0 Å². The highest BCUT2D eigenvalue weighted by atomic mass is 16.5. The molecule has 2 unspecified atom stereocenters. The highest BCUT2D eigenvalue weighted by molar-refractivity contribution is 5.27. The molecule has 18 heavy (non-hydrogen) atoms. The second kappa shape index (κ2) is 5.56. The molecule has 1 saturated heterocycles. The first-order chi connectivity index (χ1) is 8.69. The standard InChI is InChI=1S/C17H22O/c1-4-6-12-17(3)15(5-2)13-16(18-17)14-10-8-7-9-11-14/h7-11,16H,2,4,6,12-13H2,1,3H3. The predicted molar refractivity (Wildman–Crippen MR) is 75.5 cm³/mol. The molecular weight excluding hydrogens is 220 g/mol. The van der Waals surface area contributed by atoms with E-state index in [-0.39, 0.29) is 11.7 Å². The zero-order valence-corrected chi connectivity index (χ0v) is 11.4. The van der Waals surface area contributed by atoms with Crippen LogP contribution in [0.15, 0.2) is 48.2 Å². The molecule has 0 spiro atoms. The quantitative estimate of drug-likeness (QED) is 0.688.